The summed E-state index contributed by atoms with van der Waals surface area (Å²) in [6.07, 6.45) is 0. The van der Waals surface area contributed by atoms with E-state index in [4.69, 9.17) is 0 Å². The standard InChI is InChI=1S/C15H26N2OS/c1-6-17(7-2)15(18)12(5)16-14(11(3)4)13-9-8-10-19-13/h8-12,14,16H,6-7H2,1-5H3. The van der Waals surface area contributed by atoms with E-state index in [9.17, 15) is 4.79 Å². The number of nitrogens with one attached hydrogen (secondary N) is 1. The molecule has 0 aliphatic heterocycles. The van der Waals surface area contributed by atoms with Crippen LogP contribution in [0.25, 0.3) is 0 Å². The highest BCUT2D eigenvalue weighted by Gasteiger charge is 2.24. The van der Waals surface area contributed by atoms with E-state index in [1.165, 1.54) is 4.88 Å². The summed E-state index contributed by atoms with van der Waals surface area (Å²) in [5.41, 5.74) is 0. The zero-order valence-corrected chi connectivity index (χ0v) is 13.5. The molecule has 2 atom stereocenters. The average Bonchev–Trinajstić information content (AvgIpc) is 2.90. The van der Waals surface area contributed by atoms with Crippen molar-refractivity contribution in [3.8, 4) is 0 Å². The van der Waals surface area contributed by atoms with Crippen LogP contribution in [0.15, 0.2) is 17.5 Å². The van der Waals surface area contributed by atoms with Crippen LogP contribution in [0.2, 0.25) is 0 Å². The van der Waals surface area contributed by atoms with Gasteiger partial charge in [-0.2, -0.15) is 0 Å². The van der Waals surface area contributed by atoms with Gasteiger partial charge in [-0.1, -0.05) is 19.9 Å². The molecule has 3 nitrogen and oxygen atoms in total. The quantitative estimate of drug-likeness (QED) is 0.832. The molecule has 1 aromatic rings. The van der Waals surface area contributed by atoms with Crippen molar-refractivity contribution in [3.05, 3.63) is 22.4 Å². The zero-order chi connectivity index (χ0) is 14.4. The molecule has 0 bridgehead atoms. The Bertz CT molecular complexity index is 372. The molecule has 0 aromatic carbocycles. The topological polar surface area (TPSA) is 32.3 Å². The van der Waals surface area contributed by atoms with Gasteiger partial charge in [0, 0.05) is 24.0 Å². The molecule has 1 rings (SSSR count). The normalized spacial score (nSPS) is 14.4. The first-order valence-electron chi connectivity index (χ1n) is 7.09. The summed E-state index contributed by atoms with van der Waals surface area (Å²) in [5, 5.41) is 5.57. The van der Waals surface area contributed by atoms with E-state index in [2.05, 4.69) is 36.7 Å². The summed E-state index contributed by atoms with van der Waals surface area (Å²) in [5.74, 6) is 0.651. The zero-order valence-electron chi connectivity index (χ0n) is 12.6. The fraction of sp³-hybridized carbons (Fsp3) is 0.667. The second-order valence-corrected chi connectivity index (χ2v) is 6.12. The maximum Gasteiger partial charge on any atom is 0.239 e. The van der Waals surface area contributed by atoms with Crippen LogP contribution in [0.1, 0.15) is 45.5 Å². The van der Waals surface area contributed by atoms with Crippen LogP contribution in [0.5, 0.6) is 0 Å². The van der Waals surface area contributed by atoms with Crippen molar-refractivity contribution >= 4 is 17.2 Å². The molecule has 1 amide bonds. The lowest BCUT2D eigenvalue weighted by molar-refractivity contribution is -0.132. The van der Waals surface area contributed by atoms with Crippen LogP contribution >= 0.6 is 11.3 Å². The summed E-state index contributed by atoms with van der Waals surface area (Å²) in [6, 6.07) is 4.30. The minimum absolute atomic E-state index is 0.144. The van der Waals surface area contributed by atoms with Gasteiger partial charge in [-0.3, -0.25) is 10.1 Å². The SMILES string of the molecule is CCN(CC)C(=O)C(C)NC(c1cccs1)C(C)C. The van der Waals surface area contributed by atoms with Gasteiger partial charge in [0.05, 0.1) is 6.04 Å². The lowest BCUT2D eigenvalue weighted by atomic mass is 10.0. The summed E-state index contributed by atoms with van der Waals surface area (Å²) in [6.45, 7) is 11.9. The maximum atomic E-state index is 12.3. The first kappa shape index (κ1) is 16.2. The number of hydrogen-bond acceptors (Lipinski definition) is 3. The number of thiophene rings is 1. The molecule has 1 heterocycles. The summed E-state index contributed by atoms with van der Waals surface area (Å²) < 4.78 is 0. The third-order valence-corrected chi connectivity index (χ3v) is 4.35. The molecule has 1 N–H and O–H groups in total. The highest BCUT2D eigenvalue weighted by atomic mass is 32.1. The fourth-order valence-corrected chi connectivity index (χ4v) is 3.18. The number of hydrogen-bond donors (Lipinski definition) is 1. The molecule has 0 saturated heterocycles. The van der Waals surface area contributed by atoms with Crippen molar-refractivity contribution in [3.63, 3.8) is 0 Å². The molecule has 0 fully saturated rings. The number of nitrogens with zero attached hydrogens (tertiary/aromatic N) is 1. The molecule has 0 aliphatic carbocycles. The Morgan fingerprint density at radius 2 is 1.95 bits per heavy atom. The Hall–Kier alpha value is -0.870. The second kappa shape index (κ2) is 7.65. The molecule has 19 heavy (non-hydrogen) atoms. The van der Waals surface area contributed by atoms with Gasteiger partial charge in [-0.15, -0.1) is 11.3 Å². The Labute approximate surface area is 121 Å². The van der Waals surface area contributed by atoms with Crippen LogP contribution in [0.3, 0.4) is 0 Å². The molecule has 2 unspecified atom stereocenters. The van der Waals surface area contributed by atoms with Gasteiger partial charge in [0.2, 0.25) is 5.91 Å². The van der Waals surface area contributed by atoms with Gasteiger partial charge >= 0.3 is 0 Å². The second-order valence-electron chi connectivity index (χ2n) is 5.14. The Balaban J connectivity index is 2.72. The number of rotatable bonds is 7. The van der Waals surface area contributed by atoms with Crippen molar-refractivity contribution in [1.29, 1.82) is 0 Å². The summed E-state index contributed by atoms with van der Waals surface area (Å²) in [4.78, 5) is 15.5. The van der Waals surface area contributed by atoms with E-state index in [1.54, 1.807) is 11.3 Å². The van der Waals surface area contributed by atoms with Crippen LogP contribution in [0, 0.1) is 5.92 Å². The van der Waals surface area contributed by atoms with Gasteiger partial charge in [-0.25, -0.2) is 0 Å². The molecule has 108 valence electrons. The van der Waals surface area contributed by atoms with Crippen molar-refractivity contribution in [2.24, 2.45) is 5.92 Å². The lowest BCUT2D eigenvalue weighted by Gasteiger charge is -2.28. The molecular weight excluding hydrogens is 256 g/mol. The predicted octanol–water partition coefficient (Wildman–Crippen LogP) is 3.29. The molecule has 0 spiro atoms. The molecule has 0 aliphatic rings. The van der Waals surface area contributed by atoms with Gasteiger partial charge in [0.15, 0.2) is 0 Å². The first-order chi connectivity index (χ1) is 9.01. The largest absolute Gasteiger partial charge is 0.342 e. The van der Waals surface area contributed by atoms with Gasteiger partial charge in [0.1, 0.15) is 0 Å². The fourth-order valence-electron chi connectivity index (χ4n) is 2.22. The summed E-state index contributed by atoms with van der Waals surface area (Å²) >= 11 is 1.75. The van der Waals surface area contributed by atoms with Crippen molar-refractivity contribution in [2.75, 3.05) is 13.1 Å². The van der Waals surface area contributed by atoms with E-state index >= 15 is 0 Å². The van der Waals surface area contributed by atoms with E-state index < -0.39 is 0 Å². The Morgan fingerprint density at radius 1 is 1.32 bits per heavy atom. The molecule has 1 aromatic heterocycles. The van der Waals surface area contributed by atoms with Gasteiger partial charge in [-0.05, 0) is 38.1 Å². The first-order valence-corrected chi connectivity index (χ1v) is 7.97. The number of carbonyl (C=O) groups excluding carboxylic acids is 1. The Kier molecular flexibility index (Phi) is 6.52. The van der Waals surface area contributed by atoms with E-state index in [-0.39, 0.29) is 18.0 Å². The maximum absolute atomic E-state index is 12.3. The van der Waals surface area contributed by atoms with Gasteiger partial charge in [0.25, 0.3) is 0 Å². The Morgan fingerprint density at radius 3 is 2.37 bits per heavy atom. The third-order valence-electron chi connectivity index (χ3n) is 3.39. The number of carbonyl (C=O) groups is 1. The monoisotopic (exact) mass is 282 g/mol. The molecular formula is C15H26N2OS. The molecule has 4 heteroatoms. The van der Waals surface area contributed by atoms with Crippen LogP contribution < -0.4 is 5.32 Å². The minimum Gasteiger partial charge on any atom is -0.342 e. The van der Waals surface area contributed by atoms with Crippen LogP contribution in [0.4, 0.5) is 0 Å². The van der Waals surface area contributed by atoms with Gasteiger partial charge < -0.3 is 4.90 Å². The lowest BCUT2D eigenvalue weighted by Crippen LogP contribution is -2.46. The van der Waals surface area contributed by atoms with E-state index in [1.807, 2.05) is 25.7 Å². The third kappa shape index (κ3) is 4.32. The van der Waals surface area contributed by atoms with Crippen molar-refractivity contribution in [2.45, 2.75) is 46.7 Å². The van der Waals surface area contributed by atoms with E-state index in [0.717, 1.165) is 13.1 Å². The van der Waals surface area contributed by atoms with Crippen LogP contribution in [-0.4, -0.2) is 29.9 Å². The number of likely N-dealkylation sites (N-methyl/N-ethyl adjacent to an activating group) is 1. The smallest absolute Gasteiger partial charge is 0.239 e. The van der Waals surface area contributed by atoms with Crippen LogP contribution in [-0.2, 0) is 4.79 Å². The van der Waals surface area contributed by atoms with Crippen molar-refractivity contribution < 1.29 is 4.79 Å². The highest BCUT2D eigenvalue weighted by molar-refractivity contribution is 7.10. The predicted molar refractivity (Wildman–Crippen MR) is 82.4 cm³/mol. The highest BCUT2D eigenvalue weighted by Crippen LogP contribution is 2.26. The molecule has 0 radical (unpaired) electrons. The minimum atomic E-state index is -0.144. The summed E-state index contributed by atoms with van der Waals surface area (Å²) in [7, 11) is 0. The molecule has 0 saturated carbocycles. The average molecular weight is 282 g/mol. The van der Waals surface area contributed by atoms with Crippen molar-refractivity contribution in [1.82, 2.24) is 10.2 Å². The van der Waals surface area contributed by atoms with E-state index in [0.29, 0.717) is 5.92 Å². The number of amides is 1.